The second-order valence-corrected chi connectivity index (χ2v) is 10.8. The number of amides is 3. The van der Waals surface area contributed by atoms with Crippen molar-refractivity contribution < 1.29 is 14.3 Å². The van der Waals surface area contributed by atoms with E-state index in [1.807, 2.05) is 23.9 Å². The maximum Gasteiger partial charge on any atom is 0.409 e. The summed E-state index contributed by atoms with van der Waals surface area (Å²) >= 11 is 0. The zero-order chi connectivity index (χ0) is 23.2. The molecular formula is C26H38N4O3. The topological polar surface area (TPSA) is 56.3 Å². The van der Waals surface area contributed by atoms with Crippen LogP contribution in [0.25, 0.3) is 0 Å². The molecule has 180 valence electrons. The fourth-order valence-electron chi connectivity index (χ4n) is 6.99. The highest BCUT2D eigenvalue weighted by atomic mass is 16.5. The third kappa shape index (κ3) is 3.98. The van der Waals surface area contributed by atoms with E-state index in [-0.39, 0.29) is 17.5 Å². The van der Waals surface area contributed by atoms with Gasteiger partial charge in [0, 0.05) is 50.4 Å². The number of carbonyl (C=O) groups is 2. The van der Waals surface area contributed by atoms with Gasteiger partial charge in [0.25, 0.3) is 0 Å². The van der Waals surface area contributed by atoms with E-state index in [4.69, 9.17) is 4.74 Å². The Morgan fingerprint density at radius 2 is 1.73 bits per heavy atom. The van der Waals surface area contributed by atoms with Crippen LogP contribution in [-0.4, -0.2) is 86.3 Å². The molecule has 2 bridgehead atoms. The number of hydrogen-bond donors (Lipinski definition) is 0. The van der Waals surface area contributed by atoms with E-state index >= 15 is 0 Å². The predicted molar refractivity (Wildman–Crippen MR) is 129 cm³/mol. The van der Waals surface area contributed by atoms with E-state index < -0.39 is 0 Å². The minimum Gasteiger partial charge on any atom is -0.453 e. The molecule has 0 radical (unpaired) electrons. The summed E-state index contributed by atoms with van der Waals surface area (Å²) < 4.78 is 5.07. The molecule has 4 aliphatic heterocycles. The summed E-state index contributed by atoms with van der Waals surface area (Å²) in [5.41, 5.74) is 2.61. The highest BCUT2D eigenvalue weighted by Crippen LogP contribution is 2.47. The summed E-state index contributed by atoms with van der Waals surface area (Å²) in [6.45, 7) is 3.83. The average molecular weight is 455 g/mol. The SMILES string of the molecule is COC(=O)N1CC2CCC1CC(N1CCC3(CCN(C(=O)N(C)C)c4ccccc43)CC1)C2. The molecule has 1 aromatic rings. The Hall–Kier alpha value is -2.28. The van der Waals surface area contributed by atoms with Gasteiger partial charge in [-0.1, -0.05) is 18.2 Å². The summed E-state index contributed by atoms with van der Waals surface area (Å²) in [5.74, 6) is 0.588. The first-order chi connectivity index (χ1) is 15.9. The number of carbonyl (C=O) groups excluding carboxylic acids is 2. The summed E-state index contributed by atoms with van der Waals surface area (Å²) in [7, 11) is 5.15. The van der Waals surface area contributed by atoms with E-state index in [1.165, 1.54) is 25.5 Å². The molecule has 3 unspecified atom stereocenters. The lowest BCUT2D eigenvalue weighted by atomic mass is 9.67. The molecule has 0 aromatic heterocycles. The van der Waals surface area contributed by atoms with Gasteiger partial charge in [-0.25, -0.2) is 9.59 Å². The molecule has 33 heavy (non-hydrogen) atoms. The van der Waals surface area contributed by atoms with Gasteiger partial charge in [-0.15, -0.1) is 0 Å². The molecule has 0 N–H and O–H groups in total. The number of hydrogen-bond acceptors (Lipinski definition) is 4. The van der Waals surface area contributed by atoms with E-state index in [9.17, 15) is 9.59 Å². The second kappa shape index (κ2) is 8.82. The van der Waals surface area contributed by atoms with Crippen LogP contribution in [0.5, 0.6) is 0 Å². The predicted octanol–water partition coefficient (Wildman–Crippen LogP) is 3.92. The van der Waals surface area contributed by atoms with Crippen molar-refractivity contribution >= 4 is 17.8 Å². The van der Waals surface area contributed by atoms with Gasteiger partial charge in [0.2, 0.25) is 0 Å². The van der Waals surface area contributed by atoms with Crippen molar-refractivity contribution in [1.82, 2.24) is 14.7 Å². The van der Waals surface area contributed by atoms with Crippen molar-refractivity contribution in [3.05, 3.63) is 29.8 Å². The van der Waals surface area contributed by atoms with Crippen LogP contribution >= 0.6 is 0 Å². The van der Waals surface area contributed by atoms with Gasteiger partial charge in [-0.05, 0) is 75.6 Å². The molecule has 1 saturated carbocycles. The van der Waals surface area contributed by atoms with Crippen molar-refractivity contribution in [3.63, 3.8) is 0 Å². The van der Waals surface area contributed by atoms with E-state index in [0.29, 0.717) is 18.0 Å². The number of ether oxygens (including phenoxy) is 1. The van der Waals surface area contributed by atoms with E-state index in [2.05, 4.69) is 29.2 Å². The molecule has 4 fully saturated rings. The molecule has 1 aliphatic carbocycles. The smallest absolute Gasteiger partial charge is 0.409 e. The van der Waals surface area contributed by atoms with Crippen LogP contribution in [0.3, 0.4) is 0 Å². The molecule has 4 heterocycles. The number of piperidine rings is 2. The van der Waals surface area contributed by atoms with E-state index in [1.54, 1.807) is 4.90 Å². The van der Waals surface area contributed by atoms with Crippen LogP contribution in [0.1, 0.15) is 50.5 Å². The quantitative estimate of drug-likeness (QED) is 0.645. The van der Waals surface area contributed by atoms with Crippen molar-refractivity contribution in [2.24, 2.45) is 5.92 Å². The summed E-state index contributed by atoms with van der Waals surface area (Å²) in [6, 6.07) is 9.49. The van der Waals surface area contributed by atoms with Crippen molar-refractivity contribution in [1.29, 1.82) is 0 Å². The Morgan fingerprint density at radius 1 is 1.00 bits per heavy atom. The average Bonchev–Trinajstić information content (AvgIpc) is 3.16. The number of likely N-dealkylation sites (tertiary alicyclic amines) is 1. The zero-order valence-corrected chi connectivity index (χ0v) is 20.3. The van der Waals surface area contributed by atoms with Crippen LogP contribution in [0.2, 0.25) is 0 Å². The van der Waals surface area contributed by atoms with Crippen molar-refractivity contribution in [2.75, 3.05) is 52.3 Å². The van der Waals surface area contributed by atoms with Crippen molar-refractivity contribution in [3.8, 4) is 0 Å². The number of fused-ring (bicyclic) bond motifs is 6. The Balaban J connectivity index is 1.30. The Labute approximate surface area is 197 Å². The minimum absolute atomic E-state index is 0.0684. The molecule has 5 aliphatic rings. The monoisotopic (exact) mass is 454 g/mol. The molecule has 6 rings (SSSR count). The number of benzene rings is 1. The standard InChI is InChI=1S/C26H38N4O3/c1-27(2)24(31)29-15-12-26(22-6-4-5-7-23(22)29)10-13-28(14-11-26)21-16-19-8-9-20(17-21)30(18-19)25(32)33-3/h4-7,19-21H,8-18H2,1-3H3. The molecule has 7 nitrogen and oxygen atoms in total. The normalized spacial score (nSPS) is 28.9. The fourth-order valence-corrected chi connectivity index (χ4v) is 6.99. The largest absolute Gasteiger partial charge is 0.453 e. The molecule has 3 amide bonds. The van der Waals surface area contributed by atoms with Gasteiger partial charge in [-0.3, -0.25) is 4.90 Å². The van der Waals surface area contributed by atoms with Crippen molar-refractivity contribution in [2.45, 2.75) is 62.4 Å². The van der Waals surface area contributed by atoms with Gasteiger partial charge < -0.3 is 19.4 Å². The first kappa shape index (κ1) is 22.5. The second-order valence-electron chi connectivity index (χ2n) is 10.8. The van der Waals surface area contributed by atoms with Crippen LogP contribution in [0.15, 0.2) is 24.3 Å². The summed E-state index contributed by atoms with van der Waals surface area (Å²) in [5, 5.41) is 0. The number of para-hydroxylation sites is 1. The van der Waals surface area contributed by atoms with Gasteiger partial charge in [0.1, 0.15) is 0 Å². The summed E-state index contributed by atoms with van der Waals surface area (Å²) in [6.07, 6.45) is 7.76. The lowest BCUT2D eigenvalue weighted by molar-refractivity contribution is 0.0757. The molecule has 3 atom stereocenters. The number of urea groups is 1. The number of anilines is 1. The van der Waals surface area contributed by atoms with Gasteiger partial charge in [0.15, 0.2) is 0 Å². The third-order valence-corrected chi connectivity index (χ3v) is 8.83. The number of nitrogens with zero attached hydrogens (tertiary/aromatic N) is 4. The Morgan fingerprint density at radius 3 is 2.45 bits per heavy atom. The van der Waals surface area contributed by atoms with Crippen LogP contribution in [-0.2, 0) is 10.2 Å². The van der Waals surface area contributed by atoms with Gasteiger partial charge >= 0.3 is 12.1 Å². The fraction of sp³-hybridized carbons (Fsp3) is 0.692. The number of methoxy groups -OCH3 is 1. The zero-order valence-electron chi connectivity index (χ0n) is 20.3. The Bertz CT molecular complexity index is 895. The maximum absolute atomic E-state index is 12.8. The minimum atomic E-state index is -0.154. The lowest BCUT2D eigenvalue weighted by Gasteiger charge is -2.49. The molecule has 1 aromatic carbocycles. The van der Waals surface area contributed by atoms with Gasteiger partial charge in [0.05, 0.1) is 7.11 Å². The van der Waals surface area contributed by atoms with Crippen LogP contribution < -0.4 is 4.90 Å². The molecular weight excluding hydrogens is 416 g/mol. The molecule has 1 spiro atoms. The lowest BCUT2D eigenvalue weighted by Crippen LogP contribution is -2.52. The van der Waals surface area contributed by atoms with Crippen LogP contribution in [0.4, 0.5) is 15.3 Å². The Kier molecular flexibility index (Phi) is 6.02. The highest BCUT2D eigenvalue weighted by molar-refractivity contribution is 5.93. The number of rotatable bonds is 1. The molecule has 3 saturated heterocycles. The third-order valence-electron chi connectivity index (χ3n) is 8.83. The van der Waals surface area contributed by atoms with Gasteiger partial charge in [-0.2, -0.15) is 0 Å². The summed E-state index contributed by atoms with van der Waals surface area (Å²) in [4.78, 5) is 33.4. The first-order valence-corrected chi connectivity index (χ1v) is 12.6. The highest BCUT2D eigenvalue weighted by Gasteiger charge is 2.45. The first-order valence-electron chi connectivity index (χ1n) is 12.6. The molecule has 7 heteroatoms. The maximum atomic E-state index is 12.8. The van der Waals surface area contributed by atoms with Crippen LogP contribution in [0, 0.1) is 5.92 Å². The van der Waals surface area contributed by atoms with E-state index in [0.717, 1.165) is 64.0 Å².